The molecule has 0 aliphatic rings. The molecule has 1 aromatic heterocycles. The Kier molecular flexibility index (Phi) is 4.31. The lowest BCUT2D eigenvalue weighted by Crippen LogP contribution is -2.13. The largest absolute Gasteiger partial charge is 0.502 e. The number of nitrogens with two attached hydrogens (primary N) is 1. The van der Waals surface area contributed by atoms with E-state index in [1.807, 2.05) is 12.1 Å². The van der Waals surface area contributed by atoms with Gasteiger partial charge in [-0.2, -0.15) is 5.10 Å². The second kappa shape index (κ2) is 6.57. The molecule has 128 valence electrons. The molecule has 0 aliphatic heterocycles. The Hall–Kier alpha value is -3.46. The molecule has 2 aromatic carbocycles. The lowest BCUT2D eigenvalue weighted by atomic mass is 10.1. The molecule has 0 radical (unpaired) electrons. The summed E-state index contributed by atoms with van der Waals surface area (Å²) in [5.41, 5.74) is 6.97. The van der Waals surface area contributed by atoms with Crippen molar-refractivity contribution in [1.82, 2.24) is 15.2 Å². The molecule has 1 atom stereocenters. The molecular weight excluding hydrogens is 326 g/mol. The number of hydrogen-bond donors (Lipinski definition) is 3. The first-order chi connectivity index (χ1) is 12.0. The van der Waals surface area contributed by atoms with Gasteiger partial charge in [0, 0.05) is 11.6 Å². The van der Waals surface area contributed by atoms with Gasteiger partial charge in [0.05, 0.1) is 18.1 Å². The van der Waals surface area contributed by atoms with Crippen LogP contribution in [0.3, 0.4) is 0 Å². The summed E-state index contributed by atoms with van der Waals surface area (Å²) in [4.78, 5) is 14.6. The van der Waals surface area contributed by atoms with Crippen molar-refractivity contribution in [3.63, 3.8) is 0 Å². The van der Waals surface area contributed by atoms with Gasteiger partial charge in [0.2, 0.25) is 0 Å². The Labute approximate surface area is 142 Å². The van der Waals surface area contributed by atoms with Crippen molar-refractivity contribution in [2.24, 2.45) is 5.73 Å². The fourth-order valence-electron chi connectivity index (χ4n) is 2.32. The van der Waals surface area contributed by atoms with Crippen LogP contribution in [0.2, 0.25) is 0 Å². The van der Waals surface area contributed by atoms with Gasteiger partial charge in [-0.1, -0.05) is 12.1 Å². The molecule has 0 unspecified atom stereocenters. The number of ether oxygens (including phenoxy) is 1. The van der Waals surface area contributed by atoms with Crippen molar-refractivity contribution >= 4 is 5.69 Å². The molecule has 0 saturated carbocycles. The van der Waals surface area contributed by atoms with E-state index in [0.29, 0.717) is 17.1 Å². The Bertz CT molecular complexity index is 907. The van der Waals surface area contributed by atoms with E-state index in [4.69, 9.17) is 10.5 Å². The van der Waals surface area contributed by atoms with E-state index in [1.54, 1.807) is 19.2 Å². The first kappa shape index (κ1) is 16.4. The van der Waals surface area contributed by atoms with Crippen LogP contribution in [-0.4, -0.2) is 32.3 Å². The van der Waals surface area contributed by atoms with Gasteiger partial charge < -0.3 is 15.6 Å². The van der Waals surface area contributed by atoms with Crippen LogP contribution >= 0.6 is 0 Å². The fourth-order valence-corrected chi connectivity index (χ4v) is 2.32. The molecule has 3 aromatic rings. The highest BCUT2D eigenvalue weighted by molar-refractivity contribution is 5.63. The summed E-state index contributed by atoms with van der Waals surface area (Å²) >= 11 is 0. The Morgan fingerprint density at radius 2 is 2.00 bits per heavy atom. The standard InChI is InChI=1S/C16H15N5O4/c1-25-11-5-2-9(3-6-11)14(17)16-18-15(19-20-16)10-4-7-13(22)12(8-10)21(23)24/h2-8,14,22H,17H2,1H3,(H,18,19,20)/t14-/m0/s1. The normalized spacial score (nSPS) is 11.9. The highest BCUT2D eigenvalue weighted by Crippen LogP contribution is 2.30. The number of nitrogens with one attached hydrogen (secondary N) is 1. The zero-order chi connectivity index (χ0) is 18.0. The van der Waals surface area contributed by atoms with Crippen molar-refractivity contribution in [1.29, 1.82) is 0 Å². The number of phenols is 1. The maximum Gasteiger partial charge on any atom is 0.311 e. The monoisotopic (exact) mass is 341 g/mol. The summed E-state index contributed by atoms with van der Waals surface area (Å²) in [5.74, 6) is 0.961. The number of hydrogen-bond acceptors (Lipinski definition) is 7. The van der Waals surface area contributed by atoms with Crippen LogP contribution in [0.4, 0.5) is 5.69 Å². The third-order valence-electron chi connectivity index (χ3n) is 3.70. The zero-order valence-electron chi connectivity index (χ0n) is 13.2. The van der Waals surface area contributed by atoms with Crippen molar-refractivity contribution < 1.29 is 14.8 Å². The van der Waals surface area contributed by atoms with Crippen molar-refractivity contribution in [3.05, 3.63) is 64.0 Å². The van der Waals surface area contributed by atoms with Crippen LogP contribution in [0, 0.1) is 10.1 Å². The molecule has 0 amide bonds. The minimum absolute atomic E-state index is 0.252. The quantitative estimate of drug-likeness (QED) is 0.477. The number of rotatable bonds is 5. The summed E-state index contributed by atoms with van der Waals surface area (Å²) in [6.07, 6.45) is 0. The number of nitro benzene ring substituents is 1. The maximum atomic E-state index is 10.9. The molecule has 0 aliphatic carbocycles. The third kappa shape index (κ3) is 3.26. The van der Waals surface area contributed by atoms with Crippen molar-refractivity contribution in [2.75, 3.05) is 7.11 Å². The average Bonchev–Trinajstić information content (AvgIpc) is 3.11. The molecule has 25 heavy (non-hydrogen) atoms. The molecular formula is C16H15N5O4. The molecule has 0 saturated heterocycles. The minimum atomic E-state index is -0.671. The van der Waals surface area contributed by atoms with E-state index in [2.05, 4.69) is 15.2 Å². The number of aromatic amines is 1. The first-order valence-corrected chi connectivity index (χ1v) is 7.29. The maximum absolute atomic E-state index is 10.9. The first-order valence-electron chi connectivity index (χ1n) is 7.29. The second-order valence-corrected chi connectivity index (χ2v) is 5.26. The SMILES string of the molecule is COc1ccc([C@H](N)c2nc(-c3ccc(O)c([N+](=O)[O-])c3)n[nH]2)cc1. The summed E-state index contributed by atoms with van der Waals surface area (Å²) in [6, 6.07) is 10.6. The molecule has 1 heterocycles. The van der Waals surface area contributed by atoms with E-state index < -0.39 is 22.4 Å². The van der Waals surface area contributed by atoms with Gasteiger partial charge in [-0.25, -0.2) is 4.98 Å². The predicted octanol–water partition coefficient (Wildman–Crippen LogP) is 2.14. The number of aromatic hydroxyl groups is 1. The van der Waals surface area contributed by atoms with Gasteiger partial charge >= 0.3 is 5.69 Å². The van der Waals surface area contributed by atoms with Gasteiger partial charge in [0.1, 0.15) is 11.6 Å². The fraction of sp³-hybridized carbons (Fsp3) is 0.125. The Balaban J connectivity index is 1.89. The third-order valence-corrected chi connectivity index (χ3v) is 3.70. The highest BCUT2D eigenvalue weighted by Gasteiger charge is 2.18. The van der Waals surface area contributed by atoms with Crippen LogP contribution in [0.25, 0.3) is 11.4 Å². The van der Waals surface area contributed by atoms with Crippen molar-refractivity contribution in [2.45, 2.75) is 6.04 Å². The molecule has 0 fully saturated rings. The van der Waals surface area contributed by atoms with Crippen LogP contribution < -0.4 is 10.5 Å². The molecule has 0 bridgehead atoms. The number of benzene rings is 2. The van der Waals surface area contributed by atoms with Crippen LogP contribution in [0.15, 0.2) is 42.5 Å². The topological polar surface area (TPSA) is 140 Å². The number of H-pyrrole nitrogens is 1. The van der Waals surface area contributed by atoms with E-state index >= 15 is 0 Å². The number of nitrogens with zero attached hydrogens (tertiary/aromatic N) is 3. The van der Waals surface area contributed by atoms with Gasteiger partial charge in [-0.15, -0.1) is 0 Å². The molecule has 4 N–H and O–H groups in total. The summed E-state index contributed by atoms with van der Waals surface area (Å²) < 4.78 is 5.10. The highest BCUT2D eigenvalue weighted by atomic mass is 16.6. The summed E-state index contributed by atoms with van der Waals surface area (Å²) in [7, 11) is 1.58. The van der Waals surface area contributed by atoms with E-state index in [-0.39, 0.29) is 5.82 Å². The molecule has 9 nitrogen and oxygen atoms in total. The van der Waals surface area contributed by atoms with Crippen LogP contribution in [0.1, 0.15) is 17.4 Å². The number of aromatic nitrogens is 3. The van der Waals surface area contributed by atoms with Crippen LogP contribution in [0.5, 0.6) is 11.5 Å². The summed E-state index contributed by atoms with van der Waals surface area (Å²) in [6.45, 7) is 0. The van der Waals surface area contributed by atoms with Gasteiger partial charge in [-0.3, -0.25) is 15.2 Å². The molecule has 0 spiro atoms. The van der Waals surface area contributed by atoms with Gasteiger partial charge in [0.15, 0.2) is 11.6 Å². The van der Waals surface area contributed by atoms with Crippen LogP contribution in [-0.2, 0) is 0 Å². The predicted molar refractivity (Wildman–Crippen MR) is 89.2 cm³/mol. The summed E-state index contributed by atoms with van der Waals surface area (Å²) in [5, 5.41) is 27.2. The number of phenolic OH excluding ortho intramolecular Hbond substituents is 1. The lowest BCUT2D eigenvalue weighted by Gasteiger charge is -2.09. The number of nitro groups is 1. The van der Waals surface area contributed by atoms with Crippen molar-refractivity contribution in [3.8, 4) is 22.9 Å². The lowest BCUT2D eigenvalue weighted by molar-refractivity contribution is -0.385. The smallest absolute Gasteiger partial charge is 0.311 e. The second-order valence-electron chi connectivity index (χ2n) is 5.26. The van der Waals surface area contributed by atoms with Gasteiger partial charge in [0.25, 0.3) is 0 Å². The van der Waals surface area contributed by atoms with E-state index in [0.717, 1.165) is 5.56 Å². The Morgan fingerprint density at radius 1 is 1.28 bits per heavy atom. The van der Waals surface area contributed by atoms with E-state index in [1.165, 1.54) is 18.2 Å². The zero-order valence-corrected chi connectivity index (χ0v) is 13.2. The van der Waals surface area contributed by atoms with E-state index in [9.17, 15) is 15.2 Å². The molecule has 9 heteroatoms. The van der Waals surface area contributed by atoms with Gasteiger partial charge in [-0.05, 0) is 29.8 Å². The average molecular weight is 341 g/mol. The Morgan fingerprint density at radius 3 is 2.64 bits per heavy atom. The minimum Gasteiger partial charge on any atom is -0.502 e. The molecule has 3 rings (SSSR count). The number of methoxy groups -OCH3 is 1.